The second kappa shape index (κ2) is 12.4. The maximum Gasteiger partial charge on any atom is 0.340 e. The first-order valence-corrected chi connectivity index (χ1v) is 13.0. The van der Waals surface area contributed by atoms with Gasteiger partial charge in [-0.3, -0.25) is 4.79 Å². The van der Waals surface area contributed by atoms with Gasteiger partial charge >= 0.3 is 5.97 Å². The van der Waals surface area contributed by atoms with Crippen LogP contribution in [0.1, 0.15) is 33.2 Å². The third kappa shape index (κ3) is 6.06. The van der Waals surface area contributed by atoms with Gasteiger partial charge in [-0.05, 0) is 23.8 Å². The van der Waals surface area contributed by atoms with Crippen molar-refractivity contribution in [2.75, 3.05) is 40.3 Å². The summed E-state index contributed by atoms with van der Waals surface area (Å²) in [6.07, 6.45) is 0. The fourth-order valence-electron chi connectivity index (χ4n) is 3.77. The lowest BCUT2D eigenvalue weighted by molar-refractivity contribution is 0.0601. The fourth-order valence-corrected chi connectivity index (χ4v) is 5.39. The highest BCUT2D eigenvalue weighted by atomic mass is 32.2. The van der Waals surface area contributed by atoms with Gasteiger partial charge in [-0.1, -0.05) is 37.3 Å². The molecule has 0 radical (unpaired) electrons. The number of amides is 1. The topological polar surface area (TPSA) is 120 Å². The van der Waals surface area contributed by atoms with Gasteiger partial charge in [-0.25, -0.2) is 13.2 Å². The molecule has 0 aliphatic heterocycles. The van der Waals surface area contributed by atoms with Crippen LogP contribution in [0, 0.1) is 0 Å². The zero-order valence-corrected chi connectivity index (χ0v) is 22.6. The molecule has 1 N–H and O–H groups in total. The molecule has 0 saturated heterocycles. The Morgan fingerprint density at radius 3 is 2.05 bits per heavy atom. The maximum atomic E-state index is 13.6. The summed E-state index contributed by atoms with van der Waals surface area (Å²) in [5.74, 6) is -0.740. The zero-order chi connectivity index (χ0) is 27.9. The number of ether oxygens (including phenoxy) is 4. The summed E-state index contributed by atoms with van der Waals surface area (Å²) in [4.78, 5) is 25.5. The van der Waals surface area contributed by atoms with Crippen molar-refractivity contribution in [3.05, 3.63) is 77.4 Å². The number of carbonyl (C=O) groups is 2. The third-order valence-electron chi connectivity index (χ3n) is 5.78. The predicted molar refractivity (Wildman–Crippen MR) is 142 cm³/mol. The highest BCUT2D eigenvalue weighted by molar-refractivity contribution is 7.89. The van der Waals surface area contributed by atoms with Crippen molar-refractivity contribution >= 4 is 27.6 Å². The van der Waals surface area contributed by atoms with E-state index in [-0.39, 0.29) is 52.0 Å². The van der Waals surface area contributed by atoms with Crippen LogP contribution in [-0.4, -0.2) is 59.6 Å². The first-order chi connectivity index (χ1) is 18.2. The average molecular weight is 543 g/mol. The summed E-state index contributed by atoms with van der Waals surface area (Å²) in [6, 6.07) is 16.1. The van der Waals surface area contributed by atoms with Crippen molar-refractivity contribution < 1.29 is 37.0 Å². The summed E-state index contributed by atoms with van der Waals surface area (Å²) in [5.41, 5.74) is 0.971. The average Bonchev–Trinajstić information content (AvgIpc) is 2.95. The second-order valence-electron chi connectivity index (χ2n) is 7.98. The minimum absolute atomic E-state index is 0.0277. The summed E-state index contributed by atoms with van der Waals surface area (Å²) in [7, 11) is 1.34. The highest BCUT2D eigenvalue weighted by Gasteiger charge is 2.28. The normalized spacial score (nSPS) is 11.1. The molecule has 0 unspecified atom stereocenters. The standard InChI is InChI=1S/C27H30N2O8S/c1-6-29(17-18-10-8-7-9-11-18)38(32,33)25-14-19(12-13-22(25)34-2)26(30)28-21-16-24(36-4)23(35-3)15-20(21)27(31)37-5/h7-16H,6,17H2,1-5H3,(H,28,30). The van der Waals surface area contributed by atoms with Gasteiger partial charge in [0, 0.05) is 30.8 Å². The van der Waals surface area contributed by atoms with Gasteiger partial charge in [-0.2, -0.15) is 4.31 Å². The molecule has 0 aromatic heterocycles. The second-order valence-corrected chi connectivity index (χ2v) is 9.89. The Bertz CT molecular complexity index is 1410. The molecule has 0 saturated carbocycles. The Labute approximate surface area is 222 Å². The maximum absolute atomic E-state index is 13.6. The quantitative estimate of drug-likeness (QED) is 0.362. The molecule has 0 spiro atoms. The molecule has 38 heavy (non-hydrogen) atoms. The van der Waals surface area contributed by atoms with Crippen LogP contribution in [-0.2, 0) is 21.3 Å². The van der Waals surface area contributed by atoms with Gasteiger partial charge in [0.15, 0.2) is 11.5 Å². The summed E-state index contributed by atoms with van der Waals surface area (Å²) >= 11 is 0. The van der Waals surface area contributed by atoms with Gasteiger partial charge in [-0.15, -0.1) is 0 Å². The molecule has 0 atom stereocenters. The van der Waals surface area contributed by atoms with Crippen LogP contribution in [0.15, 0.2) is 65.6 Å². The molecule has 0 aliphatic rings. The molecule has 3 rings (SSSR count). The van der Waals surface area contributed by atoms with E-state index in [0.717, 1.165) is 5.56 Å². The van der Waals surface area contributed by atoms with Crippen molar-refractivity contribution in [1.82, 2.24) is 4.31 Å². The minimum Gasteiger partial charge on any atom is -0.495 e. The van der Waals surface area contributed by atoms with Crippen LogP contribution in [0.2, 0.25) is 0 Å². The van der Waals surface area contributed by atoms with Crippen LogP contribution >= 0.6 is 0 Å². The van der Waals surface area contributed by atoms with E-state index in [0.29, 0.717) is 0 Å². The monoisotopic (exact) mass is 542 g/mol. The predicted octanol–water partition coefficient (Wildman–Crippen LogP) is 3.96. The molecule has 202 valence electrons. The summed E-state index contributed by atoms with van der Waals surface area (Å²) in [6.45, 7) is 2.08. The molecule has 11 heteroatoms. The molecule has 10 nitrogen and oxygen atoms in total. The molecule has 3 aromatic rings. The summed E-state index contributed by atoms with van der Waals surface area (Å²) < 4.78 is 49.3. The van der Waals surface area contributed by atoms with Gasteiger partial charge in [0.25, 0.3) is 5.91 Å². The fraction of sp³-hybridized carbons (Fsp3) is 0.259. The molecule has 0 heterocycles. The Morgan fingerprint density at radius 1 is 0.842 bits per heavy atom. The third-order valence-corrected chi connectivity index (χ3v) is 7.72. The Kier molecular flexibility index (Phi) is 9.32. The molecule has 0 aliphatic carbocycles. The van der Waals surface area contributed by atoms with E-state index < -0.39 is 21.9 Å². The van der Waals surface area contributed by atoms with Crippen LogP contribution < -0.4 is 19.5 Å². The lowest BCUT2D eigenvalue weighted by atomic mass is 10.1. The molecular formula is C27H30N2O8S. The lowest BCUT2D eigenvalue weighted by Gasteiger charge is -2.22. The number of nitrogens with zero attached hydrogens (tertiary/aromatic N) is 1. The van der Waals surface area contributed by atoms with E-state index >= 15 is 0 Å². The summed E-state index contributed by atoms with van der Waals surface area (Å²) in [5, 5.41) is 2.64. The first-order valence-electron chi connectivity index (χ1n) is 11.6. The molecule has 3 aromatic carbocycles. The Morgan fingerprint density at radius 2 is 1.47 bits per heavy atom. The van der Waals surface area contributed by atoms with Crippen molar-refractivity contribution in [1.29, 1.82) is 0 Å². The Hall–Kier alpha value is -4.09. The number of carbonyl (C=O) groups excluding carboxylic acids is 2. The van der Waals surface area contributed by atoms with Gasteiger partial charge in [0.2, 0.25) is 10.0 Å². The number of methoxy groups -OCH3 is 4. The van der Waals surface area contributed by atoms with Gasteiger partial charge in [0.05, 0.1) is 39.7 Å². The van der Waals surface area contributed by atoms with E-state index in [2.05, 4.69) is 5.32 Å². The molecular weight excluding hydrogens is 512 g/mol. The zero-order valence-electron chi connectivity index (χ0n) is 21.8. The van der Waals surface area contributed by atoms with Crippen molar-refractivity contribution in [3.8, 4) is 17.2 Å². The minimum atomic E-state index is -4.05. The lowest BCUT2D eigenvalue weighted by Crippen LogP contribution is -2.31. The number of rotatable bonds is 11. The van der Waals surface area contributed by atoms with E-state index in [9.17, 15) is 18.0 Å². The largest absolute Gasteiger partial charge is 0.495 e. The number of sulfonamides is 1. The number of hydrogen-bond acceptors (Lipinski definition) is 8. The van der Waals surface area contributed by atoms with Crippen LogP contribution in [0.5, 0.6) is 17.2 Å². The van der Waals surface area contributed by atoms with E-state index in [1.165, 1.54) is 63.1 Å². The van der Waals surface area contributed by atoms with Crippen molar-refractivity contribution in [2.45, 2.75) is 18.4 Å². The van der Waals surface area contributed by atoms with E-state index in [1.54, 1.807) is 6.92 Å². The number of hydrogen-bond donors (Lipinski definition) is 1. The number of anilines is 1. The number of nitrogens with one attached hydrogen (secondary N) is 1. The molecule has 0 fully saturated rings. The van der Waals surface area contributed by atoms with Crippen molar-refractivity contribution in [2.24, 2.45) is 0 Å². The Balaban J connectivity index is 2.01. The number of benzene rings is 3. The smallest absolute Gasteiger partial charge is 0.340 e. The molecule has 1 amide bonds. The highest BCUT2D eigenvalue weighted by Crippen LogP contribution is 2.34. The van der Waals surface area contributed by atoms with Crippen LogP contribution in [0.25, 0.3) is 0 Å². The van der Waals surface area contributed by atoms with Gasteiger partial charge in [0.1, 0.15) is 10.6 Å². The number of esters is 1. The van der Waals surface area contributed by atoms with E-state index in [4.69, 9.17) is 18.9 Å². The first kappa shape index (κ1) is 28.5. The molecule has 0 bridgehead atoms. The van der Waals surface area contributed by atoms with Crippen LogP contribution in [0.4, 0.5) is 5.69 Å². The van der Waals surface area contributed by atoms with Gasteiger partial charge < -0.3 is 24.3 Å². The van der Waals surface area contributed by atoms with Crippen LogP contribution in [0.3, 0.4) is 0 Å². The SMILES string of the molecule is CCN(Cc1ccccc1)S(=O)(=O)c1cc(C(=O)Nc2cc(OC)c(OC)cc2C(=O)OC)ccc1OC. The van der Waals surface area contributed by atoms with E-state index in [1.807, 2.05) is 30.3 Å². The van der Waals surface area contributed by atoms with Crippen molar-refractivity contribution in [3.63, 3.8) is 0 Å².